The molecule has 2 amide bonds. The highest BCUT2D eigenvalue weighted by Crippen LogP contribution is 2.38. The van der Waals surface area contributed by atoms with E-state index in [1.165, 1.54) is 17.0 Å². The van der Waals surface area contributed by atoms with Crippen molar-refractivity contribution in [3.63, 3.8) is 0 Å². The van der Waals surface area contributed by atoms with Crippen LogP contribution in [0.4, 0.5) is 4.39 Å². The van der Waals surface area contributed by atoms with Crippen molar-refractivity contribution in [3.8, 4) is 10.4 Å². The summed E-state index contributed by atoms with van der Waals surface area (Å²) in [6.45, 7) is 0.877. The molecule has 4 nitrogen and oxygen atoms in total. The lowest BCUT2D eigenvalue weighted by Crippen LogP contribution is -2.44. The normalized spacial score (nSPS) is 18.2. The molecule has 0 aliphatic carbocycles. The minimum atomic E-state index is -0.681. The number of hydrogen-bond donors (Lipinski definition) is 1. The summed E-state index contributed by atoms with van der Waals surface area (Å²) >= 11 is 1.67. The third kappa shape index (κ3) is 4.54. The van der Waals surface area contributed by atoms with Crippen LogP contribution in [0.2, 0.25) is 0 Å². The van der Waals surface area contributed by atoms with E-state index in [1.54, 1.807) is 35.4 Å². The minimum Gasteiger partial charge on any atom is -0.359 e. The van der Waals surface area contributed by atoms with Crippen molar-refractivity contribution in [3.05, 3.63) is 83.0 Å². The maximum atomic E-state index is 13.5. The zero-order chi connectivity index (χ0) is 21.8. The molecule has 1 saturated heterocycles. The SMILES string of the molecule is CNC(=O)[C@@]1(Cc2ccccc2-c2cccs2)CCN(C(=O)Cc2cccc(F)c2)C1. The Balaban J connectivity index is 1.56. The number of likely N-dealkylation sites (tertiary alicyclic amines) is 1. The van der Waals surface area contributed by atoms with Crippen LogP contribution in [0.15, 0.2) is 66.0 Å². The maximum absolute atomic E-state index is 13.5. The molecule has 1 N–H and O–H groups in total. The van der Waals surface area contributed by atoms with Gasteiger partial charge in [-0.05, 0) is 53.1 Å². The third-order valence-corrected chi connectivity index (χ3v) is 6.90. The highest BCUT2D eigenvalue weighted by molar-refractivity contribution is 7.13. The highest BCUT2D eigenvalue weighted by atomic mass is 32.1. The summed E-state index contributed by atoms with van der Waals surface area (Å²) in [6, 6.07) is 18.4. The lowest BCUT2D eigenvalue weighted by Gasteiger charge is -2.28. The van der Waals surface area contributed by atoms with Gasteiger partial charge in [-0.15, -0.1) is 11.3 Å². The molecule has 0 radical (unpaired) electrons. The van der Waals surface area contributed by atoms with Crippen LogP contribution >= 0.6 is 11.3 Å². The van der Waals surface area contributed by atoms with Crippen molar-refractivity contribution in [2.75, 3.05) is 20.1 Å². The Morgan fingerprint density at radius 1 is 1.13 bits per heavy atom. The van der Waals surface area contributed by atoms with Gasteiger partial charge < -0.3 is 10.2 Å². The molecule has 31 heavy (non-hydrogen) atoms. The number of carbonyl (C=O) groups is 2. The largest absolute Gasteiger partial charge is 0.359 e. The van der Waals surface area contributed by atoms with Crippen LogP contribution in [0, 0.1) is 11.2 Å². The number of hydrogen-bond acceptors (Lipinski definition) is 3. The van der Waals surface area contributed by atoms with Crippen molar-refractivity contribution < 1.29 is 14.0 Å². The van der Waals surface area contributed by atoms with Crippen LogP contribution in [0.25, 0.3) is 10.4 Å². The predicted molar refractivity (Wildman–Crippen MR) is 121 cm³/mol. The number of nitrogens with one attached hydrogen (secondary N) is 1. The average molecular weight is 437 g/mol. The predicted octanol–water partition coefficient (Wildman–Crippen LogP) is 4.30. The van der Waals surface area contributed by atoms with Crippen LogP contribution in [0.5, 0.6) is 0 Å². The number of halogens is 1. The first-order chi connectivity index (χ1) is 15.0. The van der Waals surface area contributed by atoms with E-state index in [4.69, 9.17) is 0 Å². The van der Waals surface area contributed by atoms with E-state index >= 15 is 0 Å². The smallest absolute Gasteiger partial charge is 0.228 e. The van der Waals surface area contributed by atoms with Crippen molar-refractivity contribution in [2.24, 2.45) is 5.41 Å². The molecular weight excluding hydrogens is 411 g/mol. The molecule has 1 atom stereocenters. The zero-order valence-corrected chi connectivity index (χ0v) is 18.3. The molecule has 0 bridgehead atoms. The fourth-order valence-electron chi connectivity index (χ4n) is 4.40. The average Bonchev–Trinajstić information content (AvgIpc) is 3.45. The Kier molecular flexibility index (Phi) is 6.18. The summed E-state index contributed by atoms with van der Waals surface area (Å²) in [7, 11) is 1.65. The van der Waals surface area contributed by atoms with Crippen LogP contribution in [-0.4, -0.2) is 36.9 Å². The zero-order valence-electron chi connectivity index (χ0n) is 17.4. The lowest BCUT2D eigenvalue weighted by molar-refractivity contribution is -0.132. The monoisotopic (exact) mass is 436 g/mol. The first-order valence-corrected chi connectivity index (χ1v) is 11.2. The molecule has 0 unspecified atom stereocenters. The molecule has 0 spiro atoms. The van der Waals surface area contributed by atoms with E-state index < -0.39 is 5.41 Å². The summed E-state index contributed by atoms with van der Waals surface area (Å²) in [4.78, 5) is 28.8. The van der Waals surface area contributed by atoms with Gasteiger partial charge in [0.2, 0.25) is 11.8 Å². The van der Waals surface area contributed by atoms with E-state index in [0.717, 1.165) is 11.1 Å². The standard InChI is InChI=1S/C25H25FN2O2S/c1-27-24(30)25(16-19-7-2-3-9-21(19)22-10-5-13-31-22)11-12-28(17-25)23(29)15-18-6-4-8-20(26)14-18/h2-10,13-14H,11-12,15-17H2,1H3,(H,27,30)/t25-/m1/s1. The summed E-state index contributed by atoms with van der Waals surface area (Å²) < 4.78 is 13.5. The van der Waals surface area contributed by atoms with Gasteiger partial charge in [-0.1, -0.05) is 42.5 Å². The molecule has 1 fully saturated rings. The third-order valence-electron chi connectivity index (χ3n) is 5.99. The Hall–Kier alpha value is -2.99. The van der Waals surface area contributed by atoms with Crippen LogP contribution in [-0.2, 0) is 22.4 Å². The molecule has 4 rings (SSSR count). The quantitative estimate of drug-likeness (QED) is 0.626. The van der Waals surface area contributed by atoms with Crippen molar-refractivity contribution in [1.29, 1.82) is 0 Å². The molecule has 3 aromatic rings. The minimum absolute atomic E-state index is 0.0467. The van der Waals surface area contributed by atoms with Gasteiger partial charge in [-0.3, -0.25) is 9.59 Å². The van der Waals surface area contributed by atoms with E-state index in [2.05, 4.69) is 23.5 Å². The number of carbonyl (C=O) groups excluding carboxylic acids is 2. The number of benzene rings is 2. The van der Waals surface area contributed by atoms with Gasteiger partial charge in [0, 0.05) is 25.0 Å². The van der Waals surface area contributed by atoms with Gasteiger partial charge in [-0.25, -0.2) is 4.39 Å². The molecule has 160 valence electrons. The topological polar surface area (TPSA) is 49.4 Å². The second-order valence-corrected chi connectivity index (χ2v) is 8.99. The second-order valence-electron chi connectivity index (χ2n) is 8.04. The first kappa shape index (κ1) is 21.2. The van der Waals surface area contributed by atoms with E-state index in [-0.39, 0.29) is 24.1 Å². The Morgan fingerprint density at radius 3 is 2.71 bits per heavy atom. The van der Waals surface area contributed by atoms with Gasteiger partial charge in [-0.2, -0.15) is 0 Å². The molecule has 6 heteroatoms. The Bertz CT molecular complexity index is 1080. The molecule has 0 saturated carbocycles. The summed E-state index contributed by atoms with van der Waals surface area (Å²) in [5.41, 5.74) is 2.20. The number of rotatable bonds is 6. The fourth-order valence-corrected chi connectivity index (χ4v) is 5.19. The summed E-state index contributed by atoms with van der Waals surface area (Å²) in [5.74, 6) is -0.478. The van der Waals surface area contributed by atoms with Gasteiger partial charge >= 0.3 is 0 Å². The van der Waals surface area contributed by atoms with Gasteiger partial charge in [0.25, 0.3) is 0 Å². The van der Waals surface area contributed by atoms with Gasteiger partial charge in [0.05, 0.1) is 11.8 Å². The van der Waals surface area contributed by atoms with Crippen LogP contribution in [0.3, 0.4) is 0 Å². The molecule has 1 aromatic heterocycles. The number of amides is 2. The lowest BCUT2D eigenvalue weighted by atomic mass is 9.78. The van der Waals surface area contributed by atoms with E-state index in [0.29, 0.717) is 31.5 Å². The number of nitrogens with zero attached hydrogens (tertiary/aromatic N) is 1. The molecule has 2 aromatic carbocycles. The fraction of sp³-hybridized carbons (Fsp3) is 0.280. The van der Waals surface area contributed by atoms with Crippen molar-refractivity contribution >= 4 is 23.2 Å². The molecule has 1 aliphatic heterocycles. The van der Waals surface area contributed by atoms with Crippen LogP contribution < -0.4 is 5.32 Å². The summed E-state index contributed by atoms with van der Waals surface area (Å²) in [5, 5.41) is 4.86. The Morgan fingerprint density at radius 2 is 1.97 bits per heavy atom. The first-order valence-electron chi connectivity index (χ1n) is 10.4. The van der Waals surface area contributed by atoms with Gasteiger partial charge in [0.15, 0.2) is 0 Å². The van der Waals surface area contributed by atoms with E-state index in [1.807, 2.05) is 23.6 Å². The number of thiophene rings is 1. The maximum Gasteiger partial charge on any atom is 0.228 e. The second kappa shape index (κ2) is 9.02. The van der Waals surface area contributed by atoms with E-state index in [9.17, 15) is 14.0 Å². The van der Waals surface area contributed by atoms with Crippen molar-refractivity contribution in [1.82, 2.24) is 10.2 Å². The van der Waals surface area contributed by atoms with Gasteiger partial charge in [0.1, 0.15) is 5.82 Å². The van der Waals surface area contributed by atoms with Crippen molar-refractivity contribution in [2.45, 2.75) is 19.3 Å². The molecule has 2 heterocycles. The molecule has 1 aliphatic rings. The summed E-state index contributed by atoms with van der Waals surface area (Å²) in [6.07, 6.45) is 1.29. The highest BCUT2D eigenvalue weighted by Gasteiger charge is 2.45. The Labute approximate surface area is 185 Å². The van der Waals surface area contributed by atoms with Crippen LogP contribution in [0.1, 0.15) is 17.5 Å². The molecular formula is C25H25FN2O2S.